The lowest BCUT2D eigenvalue weighted by molar-refractivity contribution is 0.284. The Bertz CT molecular complexity index is 683. The quantitative estimate of drug-likeness (QED) is 0.0855. The van der Waals surface area contributed by atoms with E-state index in [1.54, 1.807) is 0 Å². The fourth-order valence-corrected chi connectivity index (χ4v) is 6.13. The maximum absolute atomic E-state index is 4.71. The first kappa shape index (κ1) is 32.6. The third-order valence-electron chi connectivity index (χ3n) is 8.52. The lowest BCUT2D eigenvalue weighted by atomic mass is 9.78. The molecular weight excluding hydrogens is 460 g/mol. The van der Waals surface area contributed by atoms with Crippen LogP contribution in [0.5, 0.6) is 0 Å². The first-order valence-electron chi connectivity index (χ1n) is 16.8. The van der Waals surface area contributed by atoms with Crippen molar-refractivity contribution >= 4 is 12.4 Å². The Balaban J connectivity index is 1.71. The van der Waals surface area contributed by atoms with E-state index >= 15 is 0 Å². The molecule has 0 amide bonds. The van der Waals surface area contributed by atoms with Gasteiger partial charge in [0.05, 0.1) is 5.92 Å². The average Bonchev–Trinajstić information content (AvgIpc) is 3.48. The van der Waals surface area contributed by atoms with Crippen LogP contribution in [0.3, 0.4) is 0 Å². The van der Waals surface area contributed by atoms with E-state index in [4.69, 9.17) is 9.98 Å². The van der Waals surface area contributed by atoms with Crippen LogP contribution in [0.2, 0.25) is 0 Å². The number of aliphatic imine (C=N–C) groups is 2. The van der Waals surface area contributed by atoms with Crippen molar-refractivity contribution in [2.24, 2.45) is 21.8 Å². The van der Waals surface area contributed by atoms with E-state index in [0.29, 0.717) is 11.8 Å². The van der Waals surface area contributed by atoms with Crippen molar-refractivity contribution in [1.29, 1.82) is 0 Å². The van der Waals surface area contributed by atoms with Gasteiger partial charge in [0, 0.05) is 0 Å². The largest absolute Gasteiger partial charge is 0.244 e. The van der Waals surface area contributed by atoms with E-state index in [1.165, 1.54) is 147 Å². The molecule has 2 unspecified atom stereocenters. The molecule has 1 aromatic rings. The molecule has 2 atom stereocenters. The highest BCUT2D eigenvalue weighted by Gasteiger charge is 2.35. The summed E-state index contributed by atoms with van der Waals surface area (Å²) < 4.78 is 0. The summed E-state index contributed by atoms with van der Waals surface area (Å²) in [5, 5.41) is 0. The van der Waals surface area contributed by atoms with Crippen molar-refractivity contribution in [2.75, 3.05) is 0 Å². The summed E-state index contributed by atoms with van der Waals surface area (Å²) in [6.07, 6.45) is 36.7. The highest BCUT2D eigenvalue weighted by Crippen LogP contribution is 2.37. The van der Waals surface area contributed by atoms with Gasteiger partial charge in [-0.05, 0) is 30.7 Å². The van der Waals surface area contributed by atoms with Gasteiger partial charge in [-0.25, -0.2) is 0 Å². The Morgan fingerprint density at radius 2 is 0.947 bits per heavy atom. The molecule has 2 heteroatoms. The molecule has 2 rings (SSSR count). The third-order valence-corrected chi connectivity index (χ3v) is 8.52. The van der Waals surface area contributed by atoms with Crippen molar-refractivity contribution in [3.63, 3.8) is 0 Å². The molecule has 0 saturated heterocycles. The summed E-state index contributed by atoms with van der Waals surface area (Å²) in [6.45, 7) is 4.60. The molecular formula is C36H61N2+. The van der Waals surface area contributed by atoms with Gasteiger partial charge in [0.2, 0.25) is 6.17 Å². The molecule has 1 aliphatic heterocycles. The van der Waals surface area contributed by atoms with E-state index in [9.17, 15) is 0 Å². The summed E-state index contributed by atoms with van der Waals surface area (Å²) in [4.78, 5) is 9.43. The highest BCUT2D eigenvalue weighted by atomic mass is 15.0. The van der Waals surface area contributed by atoms with Crippen LogP contribution >= 0.6 is 0 Å². The number of hydrogen-bond donors (Lipinski definition) is 0. The van der Waals surface area contributed by atoms with Crippen LogP contribution in [0.25, 0.3) is 0 Å². The first-order valence-corrected chi connectivity index (χ1v) is 16.8. The lowest BCUT2D eigenvalue weighted by Gasteiger charge is -2.26. The second-order valence-corrected chi connectivity index (χ2v) is 11.9. The average molecular weight is 522 g/mol. The van der Waals surface area contributed by atoms with Crippen LogP contribution in [0, 0.1) is 18.0 Å². The Hall–Kier alpha value is -1.57. The van der Waals surface area contributed by atoms with Crippen LogP contribution in [-0.4, -0.2) is 12.4 Å². The summed E-state index contributed by atoms with van der Waals surface area (Å²) in [7, 11) is 0. The van der Waals surface area contributed by atoms with Gasteiger partial charge in [0.15, 0.2) is 12.4 Å². The second-order valence-electron chi connectivity index (χ2n) is 11.9. The monoisotopic (exact) mass is 521 g/mol. The molecule has 1 aromatic carbocycles. The van der Waals surface area contributed by atoms with Crippen molar-refractivity contribution in [3.05, 3.63) is 42.1 Å². The zero-order valence-electron chi connectivity index (χ0n) is 25.4. The van der Waals surface area contributed by atoms with Gasteiger partial charge in [0.1, 0.15) is 0 Å². The highest BCUT2D eigenvalue weighted by molar-refractivity contribution is 6.18. The molecule has 0 saturated carbocycles. The summed E-state index contributed by atoms with van der Waals surface area (Å²) in [5.41, 5.74) is 1.47. The van der Waals surface area contributed by atoms with E-state index in [-0.39, 0.29) is 0 Å². The maximum Gasteiger partial charge on any atom is 0.244 e. The molecule has 1 heterocycles. The first-order chi connectivity index (χ1) is 18.8. The third kappa shape index (κ3) is 15.7. The van der Waals surface area contributed by atoms with Crippen molar-refractivity contribution in [1.82, 2.24) is 0 Å². The Labute approximate surface area is 237 Å². The zero-order chi connectivity index (χ0) is 26.9. The molecule has 38 heavy (non-hydrogen) atoms. The topological polar surface area (TPSA) is 24.7 Å². The van der Waals surface area contributed by atoms with Crippen LogP contribution in [0.4, 0.5) is 0 Å². The number of benzene rings is 1. The Morgan fingerprint density at radius 1 is 0.526 bits per heavy atom. The minimum atomic E-state index is 0.498. The smallest absolute Gasteiger partial charge is 0.0965 e. The standard InChI is InChI=1S/C36H61N2/c1-3-5-7-9-11-12-13-14-15-16-17-18-19-24-28-34(32-33-26-22-21-23-27-33)35(36-37-30-31-38-36)29-25-20-10-8-6-4-2/h21-23,26-27,30-31,34-35H,3-20,24-25,28-29,32H2,1-2H3/q+1. The second kappa shape index (κ2) is 23.3. The van der Waals surface area contributed by atoms with Gasteiger partial charge in [-0.3, -0.25) is 0 Å². The maximum atomic E-state index is 4.71. The van der Waals surface area contributed by atoms with Crippen molar-refractivity contribution < 1.29 is 0 Å². The van der Waals surface area contributed by atoms with Crippen LogP contribution in [-0.2, 0) is 6.42 Å². The molecule has 0 spiro atoms. The van der Waals surface area contributed by atoms with E-state index < -0.39 is 0 Å². The number of unbranched alkanes of at least 4 members (excludes halogenated alkanes) is 18. The molecule has 0 radical (unpaired) electrons. The molecule has 214 valence electrons. The molecule has 1 aliphatic rings. The van der Waals surface area contributed by atoms with Gasteiger partial charge in [-0.2, -0.15) is 0 Å². The van der Waals surface area contributed by atoms with Gasteiger partial charge in [0.25, 0.3) is 0 Å². The summed E-state index contributed by atoms with van der Waals surface area (Å²) in [5.74, 6) is 1.14. The van der Waals surface area contributed by atoms with Gasteiger partial charge < -0.3 is 0 Å². The number of nitrogens with zero attached hydrogens (tertiary/aromatic N) is 2. The molecule has 0 aromatic heterocycles. The van der Waals surface area contributed by atoms with Crippen LogP contribution in [0.1, 0.15) is 161 Å². The van der Waals surface area contributed by atoms with E-state index in [0.717, 1.165) is 12.6 Å². The summed E-state index contributed by atoms with van der Waals surface area (Å²) >= 11 is 0. The predicted octanol–water partition coefficient (Wildman–Crippen LogP) is 11.7. The lowest BCUT2D eigenvalue weighted by Crippen LogP contribution is -2.22. The SMILES string of the molecule is CCCCCCCCCCCCCCCCC(Cc1ccccc1)C(CCCCCCCC)[C+]1N=CC=N1. The van der Waals surface area contributed by atoms with E-state index in [1.807, 2.05) is 12.4 Å². The minimum absolute atomic E-state index is 0.498. The van der Waals surface area contributed by atoms with Gasteiger partial charge in [-0.15, -0.1) is 0 Å². The fraction of sp³-hybridized carbons (Fsp3) is 0.750. The van der Waals surface area contributed by atoms with Gasteiger partial charge >= 0.3 is 0 Å². The Morgan fingerprint density at radius 3 is 1.42 bits per heavy atom. The minimum Gasteiger partial charge on any atom is -0.0965 e. The number of hydrogen-bond acceptors (Lipinski definition) is 2. The van der Waals surface area contributed by atoms with Crippen LogP contribution in [0.15, 0.2) is 40.3 Å². The summed E-state index contributed by atoms with van der Waals surface area (Å²) in [6, 6.07) is 11.2. The number of rotatable bonds is 26. The van der Waals surface area contributed by atoms with Gasteiger partial charge in [-0.1, -0.05) is 183 Å². The van der Waals surface area contributed by atoms with Crippen molar-refractivity contribution in [2.45, 2.75) is 162 Å². The molecule has 0 N–H and O–H groups in total. The molecule has 0 fully saturated rings. The fourth-order valence-electron chi connectivity index (χ4n) is 6.13. The normalized spacial score (nSPS) is 14.4. The predicted molar refractivity (Wildman–Crippen MR) is 170 cm³/mol. The molecule has 0 aliphatic carbocycles. The Kier molecular flexibility index (Phi) is 20.0. The van der Waals surface area contributed by atoms with E-state index in [2.05, 4.69) is 44.2 Å². The molecule has 2 nitrogen and oxygen atoms in total. The van der Waals surface area contributed by atoms with Crippen molar-refractivity contribution in [3.8, 4) is 0 Å². The van der Waals surface area contributed by atoms with Crippen LogP contribution < -0.4 is 0 Å². The zero-order valence-corrected chi connectivity index (χ0v) is 25.4. The molecule has 0 bridgehead atoms.